The van der Waals surface area contributed by atoms with Crippen LogP contribution >= 0.6 is 0 Å². The molecule has 1 aromatic rings. The van der Waals surface area contributed by atoms with Crippen LogP contribution < -0.4 is 0 Å². The molecule has 0 radical (unpaired) electrons. The van der Waals surface area contributed by atoms with Crippen LogP contribution in [0.25, 0.3) is 0 Å². The first-order chi connectivity index (χ1) is 10.1. The SMILES string of the molecule is O=CC12CC3CC4(CO)CC(c5ccccc5)(C1)C4(C3)C2. The van der Waals surface area contributed by atoms with Gasteiger partial charge in [0.1, 0.15) is 6.29 Å². The molecule has 1 aromatic carbocycles. The van der Waals surface area contributed by atoms with Gasteiger partial charge in [0.2, 0.25) is 0 Å². The van der Waals surface area contributed by atoms with Gasteiger partial charge in [0.25, 0.3) is 0 Å². The molecule has 5 rings (SSSR count). The second-order valence-corrected chi connectivity index (χ2v) is 8.46. The maximum atomic E-state index is 11.9. The van der Waals surface area contributed by atoms with E-state index < -0.39 is 0 Å². The van der Waals surface area contributed by atoms with Crippen molar-refractivity contribution >= 4 is 6.29 Å². The van der Waals surface area contributed by atoms with Crippen LogP contribution in [-0.2, 0) is 10.2 Å². The number of carbonyl (C=O) groups is 1. The molecule has 0 saturated heterocycles. The van der Waals surface area contributed by atoms with E-state index in [4.69, 9.17) is 0 Å². The van der Waals surface area contributed by atoms with Crippen LogP contribution in [0.4, 0.5) is 0 Å². The molecule has 0 amide bonds. The Kier molecular flexibility index (Phi) is 2.02. The van der Waals surface area contributed by atoms with E-state index in [-0.39, 0.29) is 21.7 Å². The van der Waals surface area contributed by atoms with Crippen molar-refractivity contribution in [2.75, 3.05) is 6.61 Å². The van der Waals surface area contributed by atoms with E-state index in [1.807, 2.05) is 0 Å². The third-order valence-electron chi connectivity index (χ3n) is 7.77. The van der Waals surface area contributed by atoms with Crippen LogP contribution in [0.1, 0.15) is 44.1 Å². The fourth-order valence-corrected chi connectivity index (χ4v) is 7.54. The van der Waals surface area contributed by atoms with Gasteiger partial charge in [-0.25, -0.2) is 0 Å². The van der Waals surface area contributed by atoms with Crippen molar-refractivity contribution in [3.05, 3.63) is 35.9 Å². The summed E-state index contributed by atoms with van der Waals surface area (Å²) in [4.78, 5) is 11.9. The second kappa shape index (κ2) is 3.43. The first-order valence-electron chi connectivity index (χ1n) is 8.26. The van der Waals surface area contributed by atoms with Gasteiger partial charge >= 0.3 is 0 Å². The lowest BCUT2D eigenvalue weighted by atomic mass is 9.37. The van der Waals surface area contributed by atoms with Gasteiger partial charge in [0, 0.05) is 22.9 Å². The lowest BCUT2D eigenvalue weighted by Gasteiger charge is -2.66. The molecule has 21 heavy (non-hydrogen) atoms. The fourth-order valence-electron chi connectivity index (χ4n) is 7.54. The molecule has 1 N–H and O–H groups in total. The number of hydrogen-bond donors (Lipinski definition) is 1. The number of carbonyl (C=O) groups excluding carboxylic acids is 1. The largest absolute Gasteiger partial charge is 0.396 e. The molecule has 4 aliphatic rings. The molecule has 4 saturated carbocycles. The third kappa shape index (κ3) is 1.10. The monoisotopic (exact) mass is 282 g/mol. The molecule has 2 nitrogen and oxygen atoms in total. The summed E-state index contributed by atoms with van der Waals surface area (Å²) in [5.41, 5.74) is 1.77. The first kappa shape index (κ1) is 12.4. The quantitative estimate of drug-likeness (QED) is 0.865. The van der Waals surface area contributed by atoms with Crippen molar-refractivity contribution in [3.63, 3.8) is 0 Å². The summed E-state index contributed by atoms with van der Waals surface area (Å²) in [6.07, 6.45) is 7.85. The van der Waals surface area contributed by atoms with Gasteiger partial charge in [-0.1, -0.05) is 30.3 Å². The van der Waals surface area contributed by atoms with Crippen LogP contribution in [0.5, 0.6) is 0 Å². The first-order valence-corrected chi connectivity index (χ1v) is 8.26. The number of aldehydes is 1. The Balaban J connectivity index is 1.74. The van der Waals surface area contributed by atoms with Gasteiger partial charge < -0.3 is 9.90 Å². The molecule has 2 heteroatoms. The highest BCUT2D eigenvalue weighted by atomic mass is 16.3. The predicted molar refractivity (Wildman–Crippen MR) is 79.8 cm³/mol. The van der Waals surface area contributed by atoms with Gasteiger partial charge in [-0.05, 0) is 55.4 Å². The van der Waals surface area contributed by atoms with Crippen molar-refractivity contribution < 1.29 is 9.90 Å². The van der Waals surface area contributed by atoms with E-state index in [1.165, 1.54) is 18.3 Å². The summed E-state index contributed by atoms with van der Waals surface area (Å²) in [6.45, 7) is 0.313. The molecule has 0 aliphatic heterocycles. The topological polar surface area (TPSA) is 37.3 Å². The van der Waals surface area contributed by atoms with E-state index in [0.717, 1.165) is 32.1 Å². The average Bonchev–Trinajstić information content (AvgIpc) is 2.81. The average molecular weight is 282 g/mol. The Morgan fingerprint density at radius 2 is 1.90 bits per heavy atom. The molecule has 0 aromatic heterocycles. The molecule has 110 valence electrons. The van der Waals surface area contributed by atoms with Gasteiger partial charge in [0.05, 0.1) is 0 Å². The summed E-state index contributed by atoms with van der Waals surface area (Å²) >= 11 is 0. The summed E-state index contributed by atoms with van der Waals surface area (Å²) in [5.74, 6) is 0.657. The van der Waals surface area contributed by atoms with Crippen molar-refractivity contribution in [2.45, 2.75) is 43.9 Å². The highest BCUT2D eigenvalue weighted by Crippen LogP contribution is 2.88. The van der Waals surface area contributed by atoms with Gasteiger partial charge in [-0.3, -0.25) is 0 Å². The minimum Gasteiger partial charge on any atom is -0.396 e. The minimum absolute atomic E-state index is 0.105. The molecule has 4 fully saturated rings. The molecule has 4 aliphatic carbocycles. The lowest BCUT2D eigenvalue weighted by Crippen LogP contribution is -2.64. The standard InChI is InChI=1S/C19H22O2/c20-12-16-6-14-7-17(13-21)11-18(9-16,19(17,8-14)10-16)15-4-2-1-3-5-15/h1-5,12,14,21H,6-11,13H2. The number of benzene rings is 1. The number of aliphatic hydroxyl groups is 1. The van der Waals surface area contributed by atoms with Crippen LogP contribution in [0, 0.1) is 22.2 Å². The molecule has 3 bridgehead atoms. The van der Waals surface area contributed by atoms with E-state index in [9.17, 15) is 9.90 Å². The van der Waals surface area contributed by atoms with Crippen molar-refractivity contribution in [2.24, 2.45) is 22.2 Å². The van der Waals surface area contributed by atoms with Crippen LogP contribution in [-0.4, -0.2) is 18.0 Å². The number of aliphatic hydroxyl groups excluding tert-OH is 1. The summed E-state index contributed by atoms with van der Waals surface area (Å²) in [5, 5.41) is 10.2. The Morgan fingerprint density at radius 1 is 1.10 bits per heavy atom. The van der Waals surface area contributed by atoms with Gasteiger partial charge in [-0.15, -0.1) is 0 Å². The van der Waals surface area contributed by atoms with E-state index >= 15 is 0 Å². The zero-order valence-corrected chi connectivity index (χ0v) is 12.3. The highest BCUT2D eigenvalue weighted by Gasteiger charge is 2.83. The maximum absolute atomic E-state index is 11.9. The van der Waals surface area contributed by atoms with E-state index in [2.05, 4.69) is 30.3 Å². The second-order valence-electron chi connectivity index (χ2n) is 8.46. The number of hydrogen-bond acceptors (Lipinski definition) is 2. The molecular weight excluding hydrogens is 260 g/mol. The Morgan fingerprint density at radius 3 is 2.62 bits per heavy atom. The summed E-state index contributed by atoms with van der Waals surface area (Å²) in [6, 6.07) is 10.8. The zero-order chi connectivity index (χ0) is 14.3. The van der Waals surface area contributed by atoms with Crippen LogP contribution in [0.15, 0.2) is 30.3 Å². The number of fused-ring (bicyclic) bond motifs is 2. The lowest BCUT2D eigenvalue weighted by molar-refractivity contribution is -0.153. The third-order valence-corrected chi connectivity index (χ3v) is 7.77. The van der Waals surface area contributed by atoms with Crippen molar-refractivity contribution in [1.82, 2.24) is 0 Å². The van der Waals surface area contributed by atoms with E-state index in [1.54, 1.807) is 0 Å². The highest BCUT2D eigenvalue weighted by molar-refractivity contribution is 5.65. The van der Waals surface area contributed by atoms with Gasteiger partial charge in [-0.2, -0.15) is 0 Å². The molecular formula is C19H22O2. The van der Waals surface area contributed by atoms with Crippen LogP contribution in [0.3, 0.4) is 0 Å². The molecule has 1 spiro atoms. The predicted octanol–water partition coefficient (Wildman–Crippen LogP) is 3.09. The minimum atomic E-state index is -0.105. The van der Waals surface area contributed by atoms with Crippen molar-refractivity contribution in [1.29, 1.82) is 0 Å². The zero-order valence-electron chi connectivity index (χ0n) is 12.3. The normalized spacial score (nSPS) is 52.5. The fraction of sp³-hybridized carbons (Fsp3) is 0.632. The van der Waals surface area contributed by atoms with Gasteiger partial charge in [0.15, 0.2) is 0 Å². The molecule has 5 unspecified atom stereocenters. The Labute approximate surface area is 125 Å². The summed E-state index contributed by atoms with van der Waals surface area (Å²) in [7, 11) is 0. The smallest absolute Gasteiger partial charge is 0.126 e. The maximum Gasteiger partial charge on any atom is 0.126 e. The molecule has 5 atom stereocenters. The van der Waals surface area contributed by atoms with Crippen molar-refractivity contribution in [3.8, 4) is 0 Å². The van der Waals surface area contributed by atoms with E-state index in [0.29, 0.717) is 12.5 Å². The number of rotatable bonds is 3. The Bertz CT molecular complexity index is 626. The van der Waals surface area contributed by atoms with Crippen LogP contribution in [0.2, 0.25) is 0 Å². The Hall–Kier alpha value is -1.15. The molecule has 0 heterocycles. The summed E-state index contributed by atoms with van der Waals surface area (Å²) < 4.78 is 0.